The Morgan fingerprint density at radius 2 is 1.57 bits per heavy atom. The van der Waals surface area contributed by atoms with E-state index >= 15 is 0 Å². The molecule has 180 valence electrons. The third-order valence-electron chi connectivity index (χ3n) is 4.48. The molecule has 2 amide bonds. The summed E-state index contributed by atoms with van der Waals surface area (Å²) in [4.78, 5) is 36.4. The van der Waals surface area contributed by atoms with E-state index in [1.807, 2.05) is 0 Å². The third kappa shape index (κ3) is 6.95. The van der Waals surface area contributed by atoms with Gasteiger partial charge in [0.05, 0.1) is 36.0 Å². The van der Waals surface area contributed by atoms with E-state index in [9.17, 15) is 14.4 Å². The number of nitrogens with one attached hydrogen (secondary N) is 2. The minimum Gasteiger partial charge on any atom is -0.497 e. The SMILES string of the molecule is COc1ccc(NC(=O)C(=O)N/N=C/c2ccc(OC(=O)c3ccc(Cl)c(Cl)c3)c(OC)c2)cc1. The summed E-state index contributed by atoms with van der Waals surface area (Å²) in [5, 5.41) is 6.74. The molecule has 0 heterocycles. The van der Waals surface area contributed by atoms with Crippen LogP contribution in [0.4, 0.5) is 5.69 Å². The fraction of sp³-hybridized carbons (Fsp3) is 0.0833. The molecule has 0 bridgehead atoms. The van der Waals surface area contributed by atoms with Crippen molar-refractivity contribution in [1.82, 2.24) is 5.43 Å². The molecule has 0 fully saturated rings. The maximum absolute atomic E-state index is 12.4. The number of hydrogen-bond donors (Lipinski definition) is 2. The summed E-state index contributed by atoms with van der Waals surface area (Å²) in [6.45, 7) is 0. The minimum atomic E-state index is -0.962. The van der Waals surface area contributed by atoms with Crippen LogP contribution in [-0.2, 0) is 9.59 Å². The van der Waals surface area contributed by atoms with E-state index in [0.717, 1.165) is 0 Å². The highest BCUT2D eigenvalue weighted by Gasteiger charge is 2.15. The van der Waals surface area contributed by atoms with E-state index < -0.39 is 17.8 Å². The van der Waals surface area contributed by atoms with Crippen LogP contribution in [0.15, 0.2) is 65.8 Å². The lowest BCUT2D eigenvalue weighted by molar-refractivity contribution is -0.136. The van der Waals surface area contributed by atoms with E-state index in [2.05, 4.69) is 15.8 Å². The monoisotopic (exact) mass is 515 g/mol. The van der Waals surface area contributed by atoms with E-state index in [-0.39, 0.29) is 22.1 Å². The minimum absolute atomic E-state index is 0.156. The molecule has 0 aliphatic carbocycles. The Balaban J connectivity index is 1.60. The summed E-state index contributed by atoms with van der Waals surface area (Å²) in [5.74, 6) is -1.50. The summed E-state index contributed by atoms with van der Waals surface area (Å²) in [6.07, 6.45) is 1.30. The Hall–Kier alpha value is -4.08. The molecule has 0 saturated heterocycles. The number of halogens is 2. The molecule has 3 aromatic rings. The molecule has 3 rings (SSSR count). The molecule has 0 aromatic heterocycles. The molecule has 2 N–H and O–H groups in total. The Morgan fingerprint density at radius 3 is 2.23 bits per heavy atom. The van der Waals surface area contributed by atoms with Crippen molar-refractivity contribution >= 4 is 52.9 Å². The molecule has 0 atom stereocenters. The van der Waals surface area contributed by atoms with Gasteiger partial charge in [0.2, 0.25) is 0 Å². The average molecular weight is 516 g/mol. The first-order valence-electron chi connectivity index (χ1n) is 9.94. The number of ether oxygens (including phenoxy) is 3. The van der Waals surface area contributed by atoms with Crippen LogP contribution in [0.5, 0.6) is 17.2 Å². The van der Waals surface area contributed by atoms with Gasteiger partial charge in [-0.25, -0.2) is 10.2 Å². The normalized spacial score (nSPS) is 10.5. The van der Waals surface area contributed by atoms with Crippen LogP contribution in [0, 0.1) is 0 Å². The van der Waals surface area contributed by atoms with E-state index in [1.165, 1.54) is 50.8 Å². The number of carbonyl (C=O) groups excluding carboxylic acids is 3. The number of nitrogens with zero attached hydrogens (tertiary/aromatic N) is 1. The lowest BCUT2D eigenvalue weighted by atomic mass is 10.2. The Labute approximate surface area is 210 Å². The van der Waals surface area contributed by atoms with Crippen molar-refractivity contribution in [3.05, 3.63) is 81.8 Å². The van der Waals surface area contributed by atoms with Gasteiger partial charge in [-0.3, -0.25) is 9.59 Å². The van der Waals surface area contributed by atoms with Gasteiger partial charge < -0.3 is 19.5 Å². The quantitative estimate of drug-likeness (QED) is 0.159. The second-order valence-electron chi connectivity index (χ2n) is 6.81. The molecule has 0 spiro atoms. The van der Waals surface area contributed by atoms with Crippen LogP contribution in [0.3, 0.4) is 0 Å². The van der Waals surface area contributed by atoms with Crippen molar-refractivity contribution < 1.29 is 28.6 Å². The highest BCUT2D eigenvalue weighted by atomic mass is 35.5. The zero-order chi connectivity index (χ0) is 25.4. The topological polar surface area (TPSA) is 115 Å². The van der Waals surface area contributed by atoms with Crippen LogP contribution in [0.25, 0.3) is 0 Å². The standard InChI is InChI=1S/C24H19Cl2N3O6/c1-33-17-7-5-16(6-8-17)28-22(30)23(31)29-27-13-14-3-10-20(21(11-14)34-2)35-24(32)15-4-9-18(25)19(26)12-15/h3-13H,1-2H3,(H,28,30)(H,29,31)/b27-13+. The molecule has 0 aliphatic rings. The van der Waals surface area contributed by atoms with Crippen LogP contribution in [0.1, 0.15) is 15.9 Å². The van der Waals surface area contributed by atoms with Crippen LogP contribution in [-0.4, -0.2) is 38.2 Å². The number of rotatable bonds is 7. The first-order chi connectivity index (χ1) is 16.8. The maximum atomic E-state index is 12.4. The summed E-state index contributed by atoms with van der Waals surface area (Å²) in [5.41, 5.74) is 3.27. The zero-order valence-electron chi connectivity index (χ0n) is 18.5. The molecule has 0 aliphatic heterocycles. The van der Waals surface area contributed by atoms with Crippen molar-refractivity contribution in [3.8, 4) is 17.2 Å². The number of esters is 1. The van der Waals surface area contributed by atoms with Gasteiger partial charge in [-0.05, 0) is 66.2 Å². The second-order valence-corrected chi connectivity index (χ2v) is 7.62. The number of hydrazone groups is 1. The van der Waals surface area contributed by atoms with Crippen molar-refractivity contribution in [2.45, 2.75) is 0 Å². The van der Waals surface area contributed by atoms with Crippen molar-refractivity contribution in [3.63, 3.8) is 0 Å². The highest BCUT2D eigenvalue weighted by Crippen LogP contribution is 2.29. The first-order valence-corrected chi connectivity index (χ1v) is 10.7. The van der Waals surface area contributed by atoms with Crippen LogP contribution >= 0.6 is 23.2 Å². The van der Waals surface area contributed by atoms with Gasteiger partial charge in [0.15, 0.2) is 11.5 Å². The lowest BCUT2D eigenvalue weighted by Crippen LogP contribution is -2.32. The zero-order valence-corrected chi connectivity index (χ0v) is 20.0. The summed E-state index contributed by atoms with van der Waals surface area (Å²) >= 11 is 11.8. The average Bonchev–Trinajstić information content (AvgIpc) is 2.86. The number of carbonyl (C=O) groups is 3. The largest absolute Gasteiger partial charge is 0.497 e. The number of methoxy groups -OCH3 is 2. The third-order valence-corrected chi connectivity index (χ3v) is 5.22. The Morgan fingerprint density at radius 1 is 0.829 bits per heavy atom. The summed E-state index contributed by atoms with van der Waals surface area (Å²) in [7, 11) is 2.92. The first kappa shape index (κ1) is 25.5. The molecular formula is C24H19Cl2N3O6. The maximum Gasteiger partial charge on any atom is 0.343 e. The van der Waals surface area contributed by atoms with Gasteiger partial charge in [-0.2, -0.15) is 5.10 Å². The van der Waals surface area contributed by atoms with E-state index in [4.69, 9.17) is 37.4 Å². The Kier molecular flexibility index (Phi) is 8.66. The highest BCUT2D eigenvalue weighted by molar-refractivity contribution is 6.42. The van der Waals surface area contributed by atoms with Gasteiger partial charge in [0.1, 0.15) is 5.75 Å². The number of hydrogen-bond acceptors (Lipinski definition) is 7. The van der Waals surface area contributed by atoms with Crippen molar-refractivity contribution in [2.24, 2.45) is 5.10 Å². The number of benzene rings is 3. The van der Waals surface area contributed by atoms with Crippen molar-refractivity contribution in [2.75, 3.05) is 19.5 Å². The summed E-state index contributed by atoms with van der Waals surface area (Å²) < 4.78 is 15.7. The molecule has 11 heteroatoms. The van der Waals surface area contributed by atoms with Gasteiger partial charge in [0, 0.05) is 5.69 Å². The van der Waals surface area contributed by atoms with E-state index in [1.54, 1.807) is 30.3 Å². The molecule has 3 aromatic carbocycles. The van der Waals surface area contributed by atoms with Gasteiger partial charge in [0.25, 0.3) is 0 Å². The summed E-state index contributed by atoms with van der Waals surface area (Å²) in [6, 6.07) is 15.4. The second kappa shape index (κ2) is 11.9. The fourth-order valence-electron chi connectivity index (χ4n) is 2.71. The molecule has 0 unspecified atom stereocenters. The fourth-order valence-corrected chi connectivity index (χ4v) is 3.01. The lowest BCUT2D eigenvalue weighted by Gasteiger charge is -2.10. The van der Waals surface area contributed by atoms with Gasteiger partial charge in [-0.15, -0.1) is 0 Å². The van der Waals surface area contributed by atoms with Crippen molar-refractivity contribution in [1.29, 1.82) is 0 Å². The number of amides is 2. The smallest absolute Gasteiger partial charge is 0.343 e. The molecule has 0 saturated carbocycles. The molecule has 35 heavy (non-hydrogen) atoms. The predicted molar refractivity (Wildman–Crippen MR) is 132 cm³/mol. The van der Waals surface area contributed by atoms with Gasteiger partial charge >= 0.3 is 17.8 Å². The predicted octanol–water partition coefficient (Wildman–Crippen LogP) is 4.32. The molecule has 0 radical (unpaired) electrons. The molecular weight excluding hydrogens is 497 g/mol. The van der Waals surface area contributed by atoms with Crippen LogP contribution in [0.2, 0.25) is 10.0 Å². The van der Waals surface area contributed by atoms with Crippen LogP contribution < -0.4 is 25.0 Å². The van der Waals surface area contributed by atoms with E-state index in [0.29, 0.717) is 22.0 Å². The van der Waals surface area contributed by atoms with Gasteiger partial charge in [-0.1, -0.05) is 23.2 Å². The Bertz CT molecular complexity index is 1280. The molecule has 9 nitrogen and oxygen atoms in total. The number of anilines is 1.